The number of methoxy groups -OCH3 is 1. The molecule has 0 saturated heterocycles. The molecule has 0 aromatic heterocycles. The zero-order valence-corrected chi connectivity index (χ0v) is 9.95. The number of hydrogen-bond donors (Lipinski definition) is 0. The molecule has 1 aromatic rings. The van der Waals surface area contributed by atoms with E-state index in [4.69, 9.17) is 21.1 Å². The normalized spacial score (nSPS) is 24.1. The average molecular weight is 241 g/mol. The maximum absolute atomic E-state index is 11.2. The SMILES string of the molecule is COC1C(=O)CC1Oc1ccc(C)cc1Cl. The van der Waals surface area contributed by atoms with E-state index in [0.29, 0.717) is 17.2 Å². The van der Waals surface area contributed by atoms with Crippen LogP contribution in [0, 0.1) is 6.92 Å². The second kappa shape index (κ2) is 4.44. The minimum absolute atomic E-state index is 0.0794. The molecule has 3 nitrogen and oxygen atoms in total. The van der Waals surface area contributed by atoms with Crippen molar-refractivity contribution in [1.29, 1.82) is 0 Å². The van der Waals surface area contributed by atoms with E-state index in [1.54, 1.807) is 0 Å². The molecule has 1 saturated carbocycles. The van der Waals surface area contributed by atoms with Crippen molar-refractivity contribution in [2.45, 2.75) is 25.6 Å². The number of halogens is 1. The molecule has 86 valence electrons. The second-order valence-electron chi connectivity index (χ2n) is 3.92. The van der Waals surface area contributed by atoms with Crippen LogP contribution in [-0.4, -0.2) is 25.1 Å². The van der Waals surface area contributed by atoms with Gasteiger partial charge in [0.25, 0.3) is 0 Å². The third-order valence-electron chi connectivity index (χ3n) is 2.68. The molecule has 0 amide bonds. The monoisotopic (exact) mass is 240 g/mol. The Morgan fingerprint density at radius 3 is 2.75 bits per heavy atom. The van der Waals surface area contributed by atoms with Crippen LogP contribution in [0.2, 0.25) is 5.02 Å². The molecule has 4 heteroatoms. The van der Waals surface area contributed by atoms with Gasteiger partial charge in [0.05, 0.1) is 5.02 Å². The number of ether oxygens (including phenoxy) is 2. The van der Waals surface area contributed by atoms with E-state index in [9.17, 15) is 4.79 Å². The molecule has 0 N–H and O–H groups in total. The summed E-state index contributed by atoms with van der Waals surface area (Å²) in [6.07, 6.45) is -0.266. The van der Waals surface area contributed by atoms with Gasteiger partial charge < -0.3 is 9.47 Å². The summed E-state index contributed by atoms with van der Waals surface area (Å²) < 4.78 is 10.7. The summed E-state index contributed by atoms with van der Waals surface area (Å²) in [5.41, 5.74) is 1.07. The summed E-state index contributed by atoms with van der Waals surface area (Å²) in [4.78, 5) is 11.2. The molecule has 0 heterocycles. The van der Waals surface area contributed by atoms with Crippen molar-refractivity contribution >= 4 is 17.4 Å². The fourth-order valence-corrected chi connectivity index (χ4v) is 2.00. The van der Waals surface area contributed by atoms with Crippen LogP contribution in [0.3, 0.4) is 0 Å². The Labute approximate surface area is 99.3 Å². The first-order valence-electron chi connectivity index (χ1n) is 5.10. The number of hydrogen-bond acceptors (Lipinski definition) is 3. The number of rotatable bonds is 3. The number of carbonyl (C=O) groups excluding carboxylic acids is 1. The van der Waals surface area contributed by atoms with Crippen molar-refractivity contribution in [3.8, 4) is 5.75 Å². The van der Waals surface area contributed by atoms with Gasteiger partial charge in [0.1, 0.15) is 11.9 Å². The second-order valence-corrected chi connectivity index (χ2v) is 4.32. The molecule has 1 fully saturated rings. The summed E-state index contributed by atoms with van der Waals surface area (Å²) in [5.74, 6) is 0.683. The van der Waals surface area contributed by atoms with Gasteiger partial charge in [0, 0.05) is 13.5 Å². The third kappa shape index (κ3) is 2.06. The minimum Gasteiger partial charge on any atom is -0.485 e. The largest absolute Gasteiger partial charge is 0.485 e. The third-order valence-corrected chi connectivity index (χ3v) is 2.97. The van der Waals surface area contributed by atoms with Crippen LogP contribution in [0.1, 0.15) is 12.0 Å². The van der Waals surface area contributed by atoms with Gasteiger partial charge in [0.15, 0.2) is 11.9 Å². The van der Waals surface area contributed by atoms with E-state index in [2.05, 4.69) is 0 Å². The van der Waals surface area contributed by atoms with E-state index in [0.717, 1.165) is 5.56 Å². The van der Waals surface area contributed by atoms with Crippen LogP contribution >= 0.6 is 11.6 Å². The molecule has 16 heavy (non-hydrogen) atoms. The van der Waals surface area contributed by atoms with Gasteiger partial charge in [-0.15, -0.1) is 0 Å². The van der Waals surface area contributed by atoms with E-state index in [-0.39, 0.29) is 11.9 Å². The Hall–Kier alpha value is -1.06. The lowest BCUT2D eigenvalue weighted by atomic mass is 9.90. The Kier molecular flexibility index (Phi) is 3.17. The molecule has 0 radical (unpaired) electrons. The predicted octanol–water partition coefficient (Wildman–Crippen LogP) is 2.38. The Morgan fingerprint density at radius 1 is 1.44 bits per heavy atom. The molecule has 1 aromatic carbocycles. The lowest BCUT2D eigenvalue weighted by Crippen LogP contribution is -2.51. The van der Waals surface area contributed by atoms with Gasteiger partial charge in [-0.2, -0.15) is 0 Å². The first-order chi connectivity index (χ1) is 7.61. The van der Waals surface area contributed by atoms with Gasteiger partial charge >= 0.3 is 0 Å². The summed E-state index contributed by atoms with van der Waals surface area (Å²) in [5, 5.41) is 0.564. The summed E-state index contributed by atoms with van der Waals surface area (Å²) in [6.45, 7) is 1.96. The Morgan fingerprint density at radius 2 is 2.19 bits per heavy atom. The minimum atomic E-state index is -0.447. The molecule has 1 aliphatic carbocycles. The van der Waals surface area contributed by atoms with Crippen molar-refractivity contribution in [3.05, 3.63) is 28.8 Å². The van der Waals surface area contributed by atoms with Crippen molar-refractivity contribution in [3.63, 3.8) is 0 Å². The molecule has 0 aliphatic heterocycles. The highest BCUT2D eigenvalue weighted by atomic mass is 35.5. The molecule has 0 bridgehead atoms. The van der Waals surface area contributed by atoms with Crippen molar-refractivity contribution in [2.24, 2.45) is 0 Å². The molecule has 1 aliphatic rings. The predicted molar refractivity (Wildman–Crippen MR) is 61.0 cm³/mol. The van der Waals surface area contributed by atoms with Crippen LogP contribution in [0.4, 0.5) is 0 Å². The van der Waals surface area contributed by atoms with Gasteiger partial charge in [0.2, 0.25) is 0 Å². The van der Waals surface area contributed by atoms with Crippen LogP contribution in [0.5, 0.6) is 5.75 Å². The number of Topliss-reactive ketones (excluding diaryl/α,β-unsaturated/α-hetero) is 1. The van der Waals surface area contributed by atoms with Gasteiger partial charge in [-0.05, 0) is 24.6 Å². The Bertz CT molecular complexity index is 417. The number of carbonyl (C=O) groups is 1. The molecule has 0 spiro atoms. The van der Waals surface area contributed by atoms with Crippen LogP contribution < -0.4 is 4.74 Å². The average Bonchev–Trinajstić information content (AvgIpc) is 2.21. The maximum atomic E-state index is 11.2. The van der Waals surface area contributed by atoms with Crippen molar-refractivity contribution < 1.29 is 14.3 Å². The molecular weight excluding hydrogens is 228 g/mol. The van der Waals surface area contributed by atoms with Crippen LogP contribution in [-0.2, 0) is 9.53 Å². The van der Waals surface area contributed by atoms with Crippen molar-refractivity contribution in [2.75, 3.05) is 7.11 Å². The zero-order valence-electron chi connectivity index (χ0n) is 9.20. The van der Waals surface area contributed by atoms with E-state index < -0.39 is 6.10 Å². The number of benzene rings is 1. The quantitative estimate of drug-likeness (QED) is 0.814. The molecule has 2 atom stereocenters. The fraction of sp³-hybridized carbons (Fsp3) is 0.417. The summed E-state index contributed by atoms with van der Waals surface area (Å²) in [6, 6.07) is 5.57. The smallest absolute Gasteiger partial charge is 0.169 e. The molecular formula is C12H13ClO3. The maximum Gasteiger partial charge on any atom is 0.169 e. The van der Waals surface area contributed by atoms with E-state index >= 15 is 0 Å². The Balaban J connectivity index is 2.07. The van der Waals surface area contributed by atoms with Crippen LogP contribution in [0.15, 0.2) is 18.2 Å². The van der Waals surface area contributed by atoms with Crippen molar-refractivity contribution in [1.82, 2.24) is 0 Å². The summed E-state index contributed by atoms with van der Waals surface area (Å²) in [7, 11) is 1.51. The fourth-order valence-electron chi connectivity index (χ4n) is 1.72. The summed E-state index contributed by atoms with van der Waals surface area (Å²) >= 11 is 6.03. The zero-order chi connectivity index (χ0) is 11.7. The molecule has 2 unspecified atom stereocenters. The first kappa shape index (κ1) is 11.4. The number of ketones is 1. The standard InChI is InChI=1S/C12H13ClO3/c1-7-3-4-10(8(13)5-7)16-11-6-9(14)12(11)15-2/h3-5,11-12H,6H2,1-2H3. The van der Waals surface area contributed by atoms with E-state index in [1.807, 2.05) is 25.1 Å². The lowest BCUT2D eigenvalue weighted by molar-refractivity contribution is -0.150. The van der Waals surface area contributed by atoms with Crippen LogP contribution in [0.25, 0.3) is 0 Å². The van der Waals surface area contributed by atoms with Gasteiger partial charge in [-0.3, -0.25) is 4.79 Å². The van der Waals surface area contributed by atoms with Gasteiger partial charge in [-0.1, -0.05) is 17.7 Å². The van der Waals surface area contributed by atoms with E-state index in [1.165, 1.54) is 7.11 Å². The molecule has 2 rings (SSSR count). The number of aryl methyl sites for hydroxylation is 1. The topological polar surface area (TPSA) is 35.5 Å². The lowest BCUT2D eigenvalue weighted by Gasteiger charge is -2.33. The highest BCUT2D eigenvalue weighted by Crippen LogP contribution is 2.30. The highest BCUT2D eigenvalue weighted by Gasteiger charge is 2.42. The first-order valence-corrected chi connectivity index (χ1v) is 5.48. The van der Waals surface area contributed by atoms with Gasteiger partial charge in [-0.25, -0.2) is 0 Å². The highest BCUT2D eigenvalue weighted by molar-refractivity contribution is 6.32.